The molecule has 42 heavy (non-hydrogen) atoms. The van der Waals surface area contributed by atoms with Crippen LogP contribution in [0.2, 0.25) is 0 Å². The number of ether oxygens (including phenoxy) is 1. The van der Waals surface area contributed by atoms with Gasteiger partial charge in [0.25, 0.3) is 5.91 Å². The quantitative estimate of drug-likeness (QED) is 0.217. The zero-order valence-corrected chi connectivity index (χ0v) is 26.2. The minimum absolute atomic E-state index is 0.181. The monoisotopic (exact) mass is 573 g/mol. The summed E-state index contributed by atoms with van der Waals surface area (Å²) in [5.74, 6) is -0.780. The smallest absolute Gasteiger partial charge is 0.408 e. The number of nitrogens with zero attached hydrogens (tertiary/aromatic N) is 1. The predicted molar refractivity (Wildman–Crippen MR) is 170 cm³/mol. The summed E-state index contributed by atoms with van der Waals surface area (Å²) in [5, 5.41) is 8.02. The summed E-state index contributed by atoms with van der Waals surface area (Å²) >= 11 is 0. The van der Waals surface area contributed by atoms with Crippen LogP contribution in [-0.4, -0.2) is 41.0 Å². The molecule has 0 heterocycles. The number of rotatable bonds is 12. The predicted octanol–water partition coefficient (Wildman–Crippen LogP) is 7.79. The molecule has 0 aliphatic carbocycles. The van der Waals surface area contributed by atoms with Crippen molar-refractivity contribution in [3.63, 3.8) is 0 Å². The lowest BCUT2D eigenvalue weighted by molar-refractivity contribution is -0.142. The Hall–Kier alpha value is -3.87. The van der Waals surface area contributed by atoms with Gasteiger partial charge in [-0.25, -0.2) is 4.79 Å². The van der Waals surface area contributed by atoms with Crippen molar-refractivity contribution in [1.29, 1.82) is 0 Å². The normalized spacial score (nSPS) is 13.6. The highest BCUT2D eigenvalue weighted by Gasteiger charge is 2.38. The summed E-state index contributed by atoms with van der Waals surface area (Å²) in [6, 6.07) is 19.7. The number of alkyl carbamates (subject to hydrolysis) is 1. The Balaban J connectivity index is 2.05. The maximum atomic E-state index is 14.5. The van der Waals surface area contributed by atoms with Gasteiger partial charge in [0, 0.05) is 12.2 Å². The van der Waals surface area contributed by atoms with Crippen molar-refractivity contribution in [2.45, 2.75) is 91.8 Å². The van der Waals surface area contributed by atoms with Gasteiger partial charge in [-0.1, -0.05) is 94.6 Å². The molecule has 3 amide bonds. The summed E-state index contributed by atoms with van der Waals surface area (Å²) < 4.78 is 5.52. The molecule has 3 unspecified atom stereocenters. The van der Waals surface area contributed by atoms with Crippen LogP contribution in [0.3, 0.4) is 0 Å². The molecule has 0 aliphatic rings. The molecule has 0 bridgehead atoms. The Kier molecular flexibility index (Phi) is 11.5. The lowest BCUT2D eigenvalue weighted by Gasteiger charge is -2.36. The topological polar surface area (TPSA) is 87.7 Å². The van der Waals surface area contributed by atoms with Crippen molar-refractivity contribution >= 4 is 34.4 Å². The second kappa shape index (κ2) is 14.9. The lowest BCUT2D eigenvalue weighted by Crippen LogP contribution is -2.55. The van der Waals surface area contributed by atoms with Crippen LogP contribution in [0.15, 0.2) is 66.7 Å². The number of anilines is 1. The first kappa shape index (κ1) is 32.6. The van der Waals surface area contributed by atoms with E-state index in [4.69, 9.17) is 4.74 Å². The maximum absolute atomic E-state index is 14.5. The van der Waals surface area contributed by atoms with E-state index in [9.17, 15) is 14.4 Å². The van der Waals surface area contributed by atoms with Gasteiger partial charge in [0.2, 0.25) is 5.91 Å². The highest BCUT2D eigenvalue weighted by atomic mass is 16.6. The minimum atomic E-state index is -0.894. The van der Waals surface area contributed by atoms with E-state index in [0.717, 1.165) is 41.2 Å². The van der Waals surface area contributed by atoms with Crippen LogP contribution in [0, 0.1) is 12.8 Å². The Labute approximate surface area is 251 Å². The molecule has 226 valence electrons. The van der Waals surface area contributed by atoms with Crippen LogP contribution >= 0.6 is 0 Å². The van der Waals surface area contributed by atoms with Crippen LogP contribution in [-0.2, 0) is 14.3 Å². The van der Waals surface area contributed by atoms with E-state index >= 15 is 0 Å². The molecule has 3 rings (SSSR count). The number of fused-ring (bicyclic) bond motifs is 1. The third-order valence-electron chi connectivity index (χ3n) is 7.50. The first-order valence-corrected chi connectivity index (χ1v) is 15.1. The van der Waals surface area contributed by atoms with Crippen LogP contribution in [0.1, 0.15) is 84.4 Å². The largest absolute Gasteiger partial charge is 0.444 e. The van der Waals surface area contributed by atoms with Crippen molar-refractivity contribution in [2.75, 3.05) is 11.9 Å². The molecule has 0 radical (unpaired) electrons. The minimum Gasteiger partial charge on any atom is -0.444 e. The van der Waals surface area contributed by atoms with Gasteiger partial charge in [0.05, 0.1) is 0 Å². The Morgan fingerprint density at radius 3 is 2.21 bits per heavy atom. The molecular formula is C35H47N3O4. The number of benzene rings is 3. The van der Waals surface area contributed by atoms with Crippen molar-refractivity contribution in [3.8, 4) is 0 Å². The second-order valence-electron chi connectivity index (χ2n) is 12.1. The molecule has 2 N–H and O–H groups in total. The number of carbonyl (C=O) groups is 3. The molecule has 3 atom stereocenters. The summed E-state index contributed by atoms with van der Waals surface area (Å²) in [4.78, 5) is 43.2. The molecule has 3 aromatic carbocycles. The molecule has 0 saturated carbocycles. The summed E-state index contributed by atoms with van der Waals surface area (Å²) in [6.07, 6.45) is 2.61. The zero-order chi connectivity index (χ0) is 30.9. The third-order valence-corrected chi connectivity index (χ3v) is 7.50. The van der Waals surface area contributed by atoms with Gasteiger partial charge >= 0.3 is 6.09 Å². The van der Waals surface area contributed by atoms with E-state index in [0.29, 0.717) is 18.7 Å². The van der Waals surface area contributed by atoms with Gasteiger partial charge in [-0.3, -0.25) is 9.59 Å². The number of aryl methyl sites for hydroxylation is 1. The second-order valence-corrected chi connectivity index (χ2v) is 12.1. The van der Waals surface area contributed by atoms with Gasteiger partial charge in [-0.2, -0.15) is 0 Å². The molecule has 7 heteroatoms. The molecule has 0 aromatic heterocycles. The van der Waals surface area contributed by atoms with Crippen molar-refractivity contribution in [2.24, 2.45) is 5.92 Å². The van der Waals surface area contributed by atoms with Gasteiger partial charge in [0.15, 0.2) is 0 Å². The van der Waals surface area contributed by atoms with E-state index in [1.807, 2.05) is 87.5 Å². The molecule has 7 nitrogen and oxygen atoms in total. The molecule has 3 aromatic rings. The van der Waals surface area contributed by atoms with Gasteiger partial charge < -0.3 is 20.3 Å². The zero-order valence-electron chi connectivity index (χ0n) is 26.2. The van der Waals surface area contributed by atoms with E-state index < -0.39 is 23.8 Å². The van der Waals surface area contributed by atoms with Crippen LogP contribution in [0.5, 0.6) is 0 Å². The first-order valence-electron chi connectivity index (χ1n) is 15.1. The number of unbranched alkanes of at least 4 members (excludes halogenated alkanes) is 2. The third kappa shape index (κ3) is 8.81. The fraction of sp³-hybridized carbons (Fsp3) is 0.457. The summed E-state index contributed by atoms with van der Waals surface area (Å²) in [5.41, 5.74) is 1.60. The molecular weight excluding hydrogens is 526 g/mol. The van der Waals surface area contributed by atoms with Crippen molar-refractivity contribution in [1.82, 2.24) is 10.2 Å². The summed E-state index contributed by atoms with van der Waals surface area (Å²) in [6.45, 7) is 13.7. The number of carbonyl (C=O) groups excluding carboxylic acids is 3. The Bertz CT molecular complexity index is 1360. The van der Waals surface area contributed by atoms with Gasteiger partial charge in [-0.05, 0) is 74.1 Å². The Morgan fingerprint density at radius 1 is 0.905 bits per heavy atom. The maximum Gasteiger partial charge on any atom is 0.408 e. The average Bonchev–Trinajstić information content (AvgIpc) is 2.94. The van der Waals surface area contributed by atoms with Gasteiger partial charge in [-0.15, -0.1) is 0 Å². The standard InChI is InChI=1S/C35H47N3O4/c1-8-10-15-22-38(33(40)30(24(3)9-2)37-34(41)42-35(5,6)7)31(29-19-14-11-16-25(29)4)32(39)36-28-21-20-26-17-12-13-18-27(26)23-28/h11-14,16-21,23-24,30-31H,8-10,15,22H2,1-7H3,(H,36,39)(H,37,41). The molecule has 0 spiro atoms. The van der Waals surface area contributed by atoms with Crippen molar-refractivity contribution < 1.29 is 19.1 Å². The van der Waals surface area contributed by atoms with Crippen molar-refractivity contribution in [3.05, 3.63) is 77.9 Å². The molecule has 0 aliphatic heterocycles. The SMILES string of the molecule is CCCCCN(C(=O)C(NC(=O)OC(C)(C)C)C(C)CC)C(C(=O)Nc1ccc2ccccc2c1)c1ccccc1C. The number of amides is 3. The van der Waals surface area contributed by atoms with Gasteiger partial charge in [0.1, 0.15) is 17.7 Å². The number of hydrogen-bond acceptors (Lipinski definition) is 4. The fourth-order valence-electron chi connectivity index (χ4n) is 5.02. The summed E-state index contributed by atoms with van der Waals surface area (Å²) in [7, 11) is 0. The van der Waals surface area contributed by atoms with E-state index in [1.54, 1.807) is 25.7 Å². The lowest BCUT2D eigenvalue weighted by atomic mass is 9.94. The average molecular weight is 574 g/mol. The van der Waals surface area contributed by atoms with Crippen LogP contribution in [0.25, 0.3) is 10.8 Å². The number of hydrogen-bond donors (Lipinski definition) is 2. The molecule has 0 saturated heterocycles. The highest BCUT2D eigenvalue weighted by Crippen LogP contribution is 2.29. The Morgan fingerprint density at radius 2 is 1.57 bits per heavy atom. The van der Waals surface area contributed by atoms with Crippen LogP contribution in [0.4, 0.5) is 10.5 Å². The first-order chi connectivity index (χ1) is 19.9. The van der Waals surface area contributed by atoms with E-state index in [2.05, 4.69) is 17.6 Å². The molecule has 0 fully saturated rings. The highest BCUT2D eigenvalue weighted by molar-refractivity contribution is 6.00. The number of nitrogens with one attached hydrogen (secondary N) is 2. The van der Waals surface area contributed by atoms with Crippen LogP contribution < -0.4 is 10.6 Å². The van der Waals surface area contributed by atoms with E-state index in [-0.39, 0.29) is 17.7 Å². The van der Waals surface area contributed by atoms with E-state index in [1.165, 1.54) is 0 Å². The fourth-order valence-corrected chi connectivity index (χ4v) is 5.02.